The molecule has 12 nitrogen and oxygen atoms in total. The van der Waals surface area contributed by atoms with Crippen molar-refractivity contribution >= 4 is 23.5 Å². The molecule has 0 aromatic heterocycles. The van der Waals surface area contributed by atoms with Gasteiger partial charge in [-0.3, -0.25) is 25.2 Å². The summed E-state index contributed by atoms with van der Waals surface area (Å²) >= 11 is 0. The highest BCUT2D eigenvalue weighted by Gasteiger charge is 2.35. The summed E-state index contributed by atoms with van der Waals surface area (Å²) in [6.45, 7) is 3.69. The van der Waals surface area contributed by atoms with Gasteiger partial charge in [0.05, 0.1) is 24.8 Å². The molecule has 2 amide bonds. The Hall–Kier alpha value is -2.77. The van der Waals surface area contributed by atoms with Gasteiger partial charge in [0.25, 0.3) is 5.91 Å². The van der Waals surface area contributed by atoms with E-state index in [4.69, 9.17) is 26.3 Å². The van der Waals surface area contributed by atoms with Crippen LogP contribution >= 0.6 is 0 Å². The molecule has 0 radical (unpaired) electrons. The lowest BCUT2D eigenvalue weighted by Crippen LogP contribution is -2.50. The van der Waals surface area contributed by atoms with Crippen LogP contribution in [0.25, 0.3) is 0 Å². The molecule has 1 fully saturated rings. The predicted octanol–water partition coefficient (Wildman–Crippen LogP) is -0.582. The fourth-order valence-corrected chi connectivity index (χ4v) is 2.88. The van der Waals surface area contributed by atoms with Gasteiger partial charge in [-0.15, -0.1) is 0 Å². The first-order valence-corrected chi connectivity index (χ1v) is 9.39. The summed E-state index contributed by atoms with van der Waals surface area (Å²) < 4.78 is 5.48. The Bertz CT molecular complexity index is 739. The minimum absolute atomic E-state index is 0.0243. The number of hydrogen-bond acceptors (Lipinski definition) is 8. The molecule has 1 aliphatic rings. The highest BCUT2D eigenvalue weighted by molar-refractivity contribution is 5.91. The molecule has 1 aromatic carbocycles. The van der Waals surface area contributed by atoms with Gasteiger partial charge in [-0.1, -0.05) is 12.1 Å². The van der Waals surface area contributed by atoms with Gasteiger partial charge in [-0.25, -0.2) is 10.1 Å². The smallest absolute Gasteiger partial charge is 0.251 e. The fourth-order valence-electron chi connectivity index (χ4n) is 2.88. The maximum atomic E-state index is 12.4. The minimum Gasteiger partial charge on any atom is -0.370 e. The monoisotopic (exact) mass is 424 g/mol. The van der Waals surface area contributed by atoms with Crippen molar-refractivity contribution < 1.29 is 29.3 Å². The first kappa shape index (κ1) is 23.5. The molecule has 166 valence electrons. The Labute approximate surface area is 173 Å². The quantitative estimate of drug-likeness (QED) is 0.0709. The molecule has 4 unspecified atom stereocenters. The number of nitrogens with two attached hydrogens (primary N) is 2. The molecule has 2 rings (SSSR count). The van der Waals surface area contributed by atoms with Gasteiger partial charge in [-0.05, 0) is 31.5 Å². The van der Waals surface area contributed by atoms with Gasteiger partial charge in [0.15, 0.2) is 12.2 Å². The normalized spacial score (nSPS) is 21.6. The number of nitrogens with zero attached hydrogens (tertiary/aromatic N) is 1. The topological polar surface area (TPSA) is 183 Å². The third-order valence-corrected chi connectivity index (χ3v) is 4.25. The van der Waals surface area contributed by atoms with Gasteiger partial charge in [0.1, 0.15) is 12.3 Å². The molecule has 1 heterocycles. The summed E-state index contributed by atoms with van der Waals surface area (Å²) in [5, 5.41) is 14.8. The molecule has 0 saturated carbocycles. The third-order valence-electron chi connectivity index (χ3n) is 4.25. The zero-order valence-electron chi connectivity index (χ0n) is 16.8. The van der Waals surface area contributed by atoms with Crippen molar-refractivity contribution in [2.24, 2.45) is 16.5 Å². The second-order valence-corrected chi connectivity index (χ2v) is 6.76. The number of rotatable bonds is 10. The van der Waals surface area contributed by atoms with Crippen molar-refractivity contribution in [1.29, 1.82) is 0 Å². The highest BCUT2D eigenvalue weighted by atomic mass is 17.1. The summed E-state index contributed by atoms with van der Waals surface area (Å²) in [6.07, 6.45) is -1.17. The average molecular weight is 424 g/mol. The lowest BCUT2D eigenvalue weighted by atomic mass is 10.1. The molecule has 1 aromatic rings. The van der Waals surface area contributed by atoms with Crippen LogP contribution in [-0.2, 0) is 30.5 Å². The summed E-state index contributed by atoms with van der Waals surface area (Å²) in [5.41, 5.74) is 14.4. The van der Waals surface area contributed by atoms with E-state index in [1.165, 1.54) is 0 Å². The summed E-state index contributed by atoms with van der Waals surface area (Å²) in [4.78, 5) is 36.6. The fraction of sp³-hybridized carbons (Fsp3) is 0.500. The Balaban J connectivity index is 1.77. The average Bonchev–Trinajstić information content (AvgIpc) is 3.03. The number of aliphatic imine (C=N–C) groups is 1. The molecule has 1 saturated heterocycles. The number of amides is 2. The van der Waals surface area contributed by atoms with E-state index in [1.807, 2.05) is 6.92 Å². The van der Waals surface area contributed by atoms with E-state index in [0.29, 0.717) is 5.69 Å². The summed E-state index contributed by atoms with van der Waals surface area (Å²) in [6, 6.07) is 6.49. The molecule has 4 atom stereocenters. The van der Waals surface area contributed by atoms with Crippen LogP contribution in [0.3, 0.4) is 0 Å². The molecule has 8 N–H and O–H groups in total. The molecule has 0 bridgehead atoms. The third kappa shape index (κ3) is 7.57. The molecular formula is C18H28N6O6. The number of benzene rings is 1. The van der Waals surface area contributed by atoms with Crippen LogP contribution in [0.5, 0.6) is 0 Å². The van der Waals surface area contributed by atoms with E-state index >= 15 is 0 Å². The van der Waals surface area contributed by atoms with Crippen molar-refractivity contribution in [3.63, 3.8) is 0 Å². The van der Waals surface area contributed by atoms with E-state index < -0.39 is 18.2 Å². The van der Waals surface area contributed by atoms with Gasteiger partial charge < -0.3 is 21.5 Å². The SMILES string of the molecule is CC1NC(C(=O)NC(Cc2ccc(NOCCC(=O)N=C(N)N)cc2)OO)C(C)O1. The van der Waals surface area contributed by atoms with E-state index in [2.05, 4.69) is 26.0 Å². The largest absolute Gasteiger partial charge is 0.370 e. The number of guanidine groups is 1. The maximum Gasteiger partial charge on any atom is 0.251 e. The van der Waals surface area contributed by atoms with E-state index in [1.54, 1.807) is 31.2 Å². The molecule has 1 aliphatic heterocycles. The lowest BCUT2D eigenvalue weighted by molar-refractivity contribution is -0.284. The number of ether oxygens (including phenoxy) is 1. The highest BCUT2D eigenvalue weighted by Crippen LogP contribution is 2.14. The number of carbonyl (C=O) groups is 2. The van der Waals surface area contributed by atoms with Crippen molar-refractivity contribution in [3.8, 4) is 0 Å². The van der Waals surface area contributed by atoms with Crippen LogP contribution in [0, 0.1) is 0 Å². The van der Waals surface area contributed by atoms with Crippen molar-refractivity contribution in [2.45, 2.75) is 51.3 Å². The van der Waals surface area contributed by atoms with E-state index in [-0.39, 0.29) is 43.6 Å². The van der Waals surface area contributed by atoms with Gasteiger partial charge >= 0.3 is 0 Å². The minimum atomic E-state index is -0.918. The van der Waals surface area contributed by atoms with Crippen molar-refractivity contribution in [2.75, 3.05) is 12.1 Å². The van der Waals surface area contributed by atoms with Gasteiger partial charge in [0, 0.05) is 6.42 Å². The number of anilines is 1. The van der Waals surface area contributed by atoms with Gasteiger partial charge in [-0.2, -0.15) is 4.99 Å². The Morgan fingerprint density at radius 3 is 2.57 bits per heavy atom. The lowest BCUT2D eigenvalue weighted by Gasteiger charge is -2.19. The summed E-state index contributed by atoms with van der Waals surface area (Å²) in [7, 11) is 0. The van der Waals surface area contributed by atoms with Crippen LogP contribution in [0.4, 0.5) is 5.69 Å². The molecule has 12 heteroatoms. The van der Waals surface area contributed by atoms with Crippen LogP contribution in [-0.4, -0.2) is 54.2 Å². The summed E-state index contributed by atoms with van der Waals surface area (Å²) in [5.74, 6) is -1.10. The Morgan fingerprint density at radius 1 is 1.30 bits per heavy atom. The van der Waals surface area contributed by atoms with Crippen LogP contribution < -0.4 is 27.6 Å². The second-order valence-electron chi connectivity index (χ2n) is 6.76. The number of carbonyl (C=O) groups excluding carboxylic acids is 2. The first-order chi connectivity index (χ1) is 14.3. The zero-order chi connectivity index (χ0) is 22.1. The molecule has 0 aliphatic carbocycles. The standard InChI is InChI=1S/C18H28N6O6/c1-10-16(21-11(2)29-10)17(26)23-15(30-27)9-12-3-5-13(6-4-12)24-28-8-7-14(25)22-18(19)20/h3-6,10-11,15-16,21,24,27H,7-9H2,1-2H3,(H,23,26)(H4,19,20,22,25). The number of nitrogens with one attached hydrogen (secondary N) is 3. The van der Waals surface area contributed by atoms with E-state index in [9.17, 15) is 9.59 Å². The van der Waals surface area contributed by atoms with Crippen molar-refractivity contribution in [1.82, 2.24) is 10.6 Å². The van der Waals surface area contributed by atoms with Gasteiger partial charge in [0.2, 0.25) is 5.91 Å². The molecule has 0 spiro atoms. The second kappa shape index (κ2) is 11.4. The van der Waals surface area contributed by atoms with Crippen LogP contribution in [0.1, 0.15) is 25.8 Å². The van der Waals surface area contributed by atoms with Crippen LogP contribution in [0.2, 0.25) is 0 Å². The molecule has 30 heavy (non-hydrogen) atoms. The Morgan fingerprint density at radius 2 is 2.00 bits per heavy atom. The van der Waals surface area contributed by atoms with E-state index in [0.717, 1.165) is 5.56 Å². The molecular weight excluding hydrogens is 396 g/mol. The van der Waals surface area contributed by atoms with Crippen LogP contribution in [0.15, 0.2) is 29.3 Å². The zero-order valence-corrected chi connectivity index (χ0v) is 16.8. The first-order valence-electron chi connectivity index (χ1n) is 9.39. The predicted molar refractivity (Wildman–Crippen MR) is 108 cm³/mol. The van der Waals surface area contributed by atoms with Crippen molar-refractivity contribution in [3.05, 3.63) is 29.8 Å². The Kier molecular flexibility index (Phi) is 8.95. The number of hydrogen-bond donors (Lipinski definition) is 6. The maximum absolute atomic E-state index is 12.4.